The predicted octanol–water partition coefficient (Wildman–Crippen LogP) is 6.02. The molecule has 0 bridgehead atoms. The number of benzene rings is 3. The molecular weight excluding hydrogens is 524 g/mol. The molecule has 0 spiro atoms. The van der Waals surface area contributed by atoms with E-state index in [9.17, 15) is 9.59 Å². The molecule has 1 aliphatic heterocycles. The van der Waals surface area contributed by atoms with E-state index in [1.807, 2.05) is 55.5 Å². The highest BCUT2D eigenvalue weighted by atomic mass is 16.6. The SMILES string of the molecule is CCOc1cc([C@H]2Nc3ccccc3NC3=C2C(=O)C[C@@H](c2cc(OC)c(OC)c(OC)c2)C3)ccc1OC(C)=O. The van der Waals surface area contributed by atoms with Crippen molar-refractivity contribution in [3.63, 3.8) is 0 Å². The Bertz CT molecular complexity index is 1490. The summed E-state index contributed by atoms with van der Waals surface area (Å²) >= 11 is 0. The molecule has 0 unspecified atom stereocenters. The van der Waals surface area contributed by atoms with E-state index in [1.54, 1.807) is 27.4 Å². The number of methoxy groups -OCH3 is 3. The van der Waals surface area contributed by atoms with Crippen LogP contribution in [-0.2, 0) is 9.59 Å². The van der Waals surface area contributed by atoms with Gasteiger partial charge in [0.25, 0.3) is 0 Å². The number of Topliss-reactive ketones (excluding diaryl/α,β-unsaturated/α-hetero) is 1. The topological polar surface area (TPSA) is 104 Å². The molecule has 1 aliphatic carbocycles. The first kappa shape index (κ1) is 27.9. The number of hydrogen-bond acceptors (Lipinski definition) is 9. The van der Waals surface area contributed by atoms with Gasteiger partial charge in [-0.15, -0.1) is 0 Å². The molecule has 0 fully saturated rings. The summed E-state index contributed by atoms with van der Waals surface area (Å²) < 4.78 is 27.8. The summed E-state index contributed by atoms with van der Waals surface area (Å²) in [6.07, 6.45) is 0.896. The zero-order valence-corrected chi connectivity index (χ0v) is 23.8. The van der Waals surface area contributed by atoms with Gasteiger partial charge in [-0.1, -0.05) is 18.2 Å². The fourth-order valence-electron chi connectivity index (χ4n) is 5.53. The molecule has 2 atom stereocenters. The molecule has 41 heavy (non-hydrogen) atoms. The van der Waals surface area contributed by atoms with Crippen LogP contribution in [-0.4, -0.2) is 39.7 Å². The minimum Gasteiger partial charge on any atom is -0.493 e. The first-order valence-electron chi connectivity index (χ1n) is 13.5. The largest absolute Gasteiger partial charge is 0.493 e. The molecule has 2 N–H and O–H groups in total. The predicted molar refractivity (Wildman–Crippen MR) is 155 cm³/mol. The first-order valence-corrected chi connectivity index (χ1v) is 13.5. The number of ketones is 1. The zero-order chi connectivity index (χ0) is 29.1. The summed E-state index contributed by atoms with van der Waals surface area (Å²) in [5, 5.41) is 7.14. The Balaban J connectivity index is 1.60. The maximum absolute atomic E-state index is 14.0. The highest BCUT2D eigenvalue weighted by Crippen LogP contribution is 2.47. The number of hydrogen-bond donors (Lipinski definition) is 2. The zero-order valence-electron chi connectivity index (χ0n) is 23.8. The average molecular weight is 559 g/mol. The van der Waals surface area contributed by atoms with Crippen LogP contribution in [0.2, 0.25) is 0 Å². The molecule has 0 amide bonds. The summed E-state index contributed by atoms with van der Waals surface area (Å²) in [5.41, 5.74) is 4.98. The number of nitrogens with one attached hydrogen (secondary N) is 2. The number of allylic oxidation sites excluding steroid dienone is 1. The summed E-state index contributed by atoms with van der Waals surface area (Å²) in [4.78, 5) is 25.7. The van der Waals surface area contributed by atoms with Crippen LogP contribution in [0.1, 0.15) is 49.8 Å². The van der Waals surface area contributed by atoms with E-state index in [-0.39, 0.29) is 11.7 Å². The van der Waals surface area contributed by atoms with Crippen molar-refractivity contribution in [2.45, 2.75) is 38.6 Å². The highest BCUT2D eigenvalue weighted by molar-refractivity contribution is 6.01. The lowest BCUT2D eigenvalue weighted by Crippen LogP contribution is -2.27. The minimum absolute atomic E-state index is 0.0184. The maximum Gasteiger partial charge on any atom is 0.308 e. The van der Waals surface area contributed by atoms with Crippen molar-refractivity contribution in [3.8, 4) is 28.7 Å². The molecular formula is C32H34N2O7. The third-order valence-electron chi connectivity index (χ3n) is 7.32. The lowest BCUT2D eigenvalue weighted by Gasteiger charge is -2.30. The summed E-state index contributed by atoms with van der Waals surface area (Å²) in [7, 11) is 4.73. The van der Waals surface area contributed by atoms with E-state index in [2.05, 4.69) is 10.6 Å². The van der Waals surface area contributed by atoms with E-state index in [0.29, 0.717) is 53.8 Å². The van der Waals surface area contributed by atoms with Crippen molar-refractivity contribution in [1.82, 2.24) is 0 Å². The van der Waals surface area contributed by atoms with Crippen LogP contribution in [0.15, 0.2) is 65.9 Å². The van der Waals surface area contributed by atoms with Crippen molar-refractivity contribution in [3.05, 3.63) is 77.0 Å². The molecule has 5 rings (SSSR count). The number of fused-ring (bicyclic) bond motifs is 1. The van der Waals surface area contributed by atoms with Gasteiger partial charge in [0.1, 0.15) is 0 Å². The fraction of sp³-hybridized carbons (Fsp3) is 0.312. The van der Waals surface area contributed by atoms with Crippen LogP contribution < -0.4 is 34.3 Å². The minimum atomic E-state index is -0.458. The quantitative estimate of drug-likeness (QED) is 0.254. The number of rotatable bonds is 8. The molecule has 0 saturated heterocycles. The molecule has 3 aromatic rings. The second kappa shape index (κ2) is 11.8. The Morgan fingerprint density at radius 1 is 0.854 bits per heavy atom. The molecule has 214 valence electrons. The molecule has 9 heteroatoms. The Morgan fingerprint density at radius 2 is 1.54 bits per heavy atom. The average Bonchev–Trinajstić information content (AvgIpc) is 3.14. The smallest absolute Gasteiger partial charge is 0.308 e. The molecule has 3 aromatic carbocycles. The maximum atomic E-state index is 14.0. The van der Waals surface area contributed by atoms with Gasteiger partial charge in [0.05, 0.1) is 45.4 Å². The van der Waals surface area contributed by atoms with E-state index >= 15 is 0 Å². The monoisotopic (exact) mass is 558 g/mol. The number of carbonyl (C=O) groups is 2. The standard InChI is InChI=1S/C32H34N2O7/c1-6-40-27-15-19(11-12-26(27)41-18(2)35)31-30-24(33-22-9-7-8-10-23(22)34-31)13-20(14-25(30)36)21-16-28(37-3)32(39-5)29(17-21)38-4/h7-12,15-17,20,31,33-34H,6,13-14H2,1-5H3/t20-,31+/m0/s1. The van der Waals surface area contributed by atoms with Gasteiger partial charge >= 0.3 is 5.97 Å². The third-order valence-corrected chi connectivity index (χ3v) is 7.32. The van der Waals surface area contributed by atoms with E-state index < -0.39 is 12.0 Å². The van der Waals surface area contributed by atoms with Gasteiger partial charge in [0.2, 0.25) is 5.75 Å². The normalized spacial score (nSPS) is 17.7. The van der Waals surface area contributed by atoms with E-state index in [0.717, 1.165) is 28.2 Å². The van der Waals surface area contributed by atoms with Crippen LogP contribution in [0.5, 0.6) is 28.7 Å². The highest BCUT2D eigenvalue weighted by Gasteiger charge is 2.37. The fourth-order valence-corrected chi connectivity index (χ4v) is 5.53. The van der Waals surface area contributed by atoms with Gasteiger partial charge in [-0.3, -0.25) is 9.59 Å². The van der Waals surface area contributed by atoms with Crippen LogP contribution >= 0.6 is 0 Å². The molecule has 2 aliphatic rings. The van der Waals surface area contributed by atoms with Crippen LogP contribution in [0.25, 0.3) is 0 Å². The number of carbonyl (C=O) groups excluding carboxylic acids is 2. The van der Waals surface area contributed by atoms with Crippen molar-refractivity contribution in [1.29, 1.82) is 0 Å². The van der Waals surface area contributed by atoms with Gasteiger partial charge in [0, 0.05) is 24.6 Å². The Morgan fingerprint density at radius 3 is 2.17 bits per heavy atom. The summed E-state index contributed by atoms with van der Waals surface area (Å²) in [6.45, 7) is 3.60. The van der Waals surface area contributed by atoms with Gasteiger partial charge in [-0.05, 0) is 66.8 Å². The lowest BCUT2D eigenvalue weighted by molar-refractivity contribution is -0.132. The summed E-state index contributed by atoms with van der Waals surface area (Å²) in [6, 6.07) is 16.6. The Hall–Kier alpha value is -4.66. The van der Waals surface area contributed by atoms with E-state index in [1.165, 1.54) is 6.92 Å². The number of esters is 1. The van der Waals surface area contributed by atoms with Crippen molar-refractivity contribution < 1.29 is 33.3 Å². The van der Waals surface area contributed by atoms with Crippen molar-refractivity contribution in [2.75, 3.05) is 38.6 Å². The van der Waals surface area contributed by atoms with E-state index in [4.69, 9.17) is 23.7 Å². The lowest BCUT2D eigenvalue weighted by atomic mass is 9.78. The Kier molecular flexibility index (Phi) is 8.05. The Labute approximate surface area is 239 Å². The second-order valence-electron chi connectivity index (χ2n) is 9.86. The number of ether oxygens (including phenoxy) is 5. The van der Waals surface area contributed by atoms with Gasteiger partial charge in [0.15, 0.2) is 28.8 Å². The summed E-state index contributed by atoms with van der Waals surface area (Å²) in [5.74, 6) is 1.84. The molecule has 1 heterocycles. The van der Waals surface area contributed by atoms with Gasteiger partial charge < -0.3 is 34.3 Å². The number of para-hydroxylation sites is 2. The van der Waals surface area contributed by atoms with Gasteiger partial charge in [-0.25, -0.2) is 0 Å². The van der Waals surface area contributed by atoms with Crippen LogP contribution in [0.4, 0.5) is 11.4 Å². The van der Waals surface area contributed by atoms with Crippen molar-refractivity contribution >= 4 is 23.1 Å². The van der Waals surface area contributed by atoms with Gasteiger partial charge in [-0.2, -0.15) is 0 Å². The number of anilines is 2. The van der Waals surface area contributed by atoms with Crippen molar-refractivity contribution in [2.24, 2.45) is 0 Å². The molecule has 0 aromatic heterocycles. The molecule has 9 nitrogen and oxygen atoms in total. The van der Waals surface area contributed by atoms with Crippen LogP contribution in [0, 0.1) is 0 Å². The molecule has 0 radical (unpaired) electrons. The molecule has 0 saturated carbocycles. The first-order chi connectivity index (χ1) is 19.9. The second-order valence-corrected chi connectivity index (χ2v) is 9.86. The third kappa shape index (κ3) is 5.52. The van der Waals surface area contributed by atoms with Crippen LogP contribution in [0.3, 0.4) is 0 Å².